The number of pyridine rings is 1. The summed E-state index contributed by atoms with van der Waals surface area (Å²) in [5, 5.41) is 16.5. The van der Waals surface area contributed by atoms with E-state index in [-0.39, 0.29) is 22.9 Å². The fourth-order valence-electron chi connectivity index (χ4n) is 11.7. The standard InChI is InChI=1S/C55H64N2O2Si/c1-13-55(14-2)52(47-27-37-17-15-16-18-39(37)45-30-44(54(9,10)58)50(60(11)12)32-56(45)47)43-29-49-42(28-40(43)46-25-36(21-22-57(46)55)31-53(6,7)8)41-26-38(19-20-48(41)59-49)51-34(4)23-33(3)24-35(51)5/h15-30,46,50,52,58H,13-14,31-32H2,1-12H3/q+1. The zero-order valence-electron chi connectivity index (χ0n) is 38.0. The number of aryl methyl sites for hydroxylation is 3. The molecule has 0 saturated carbocycles. The summed E-state index contributed by atoms with van der Waals surface area (Å²) >= 11 is 0. The van der Waals surface area contributed by atoms with Gasteiger partial charge in [-0.2, -0.15) is 4.57 Å². The summed E-state index contributed by atoms with van der Waals surface area (Å²) in [5.41, 5.74) is 15.6. The molecule has 2 aromatic heterocycles. The third-order valence-electron chi connectivity index (χ3n) is 14.3. The summed E-state index contributed by atoms with van der Waals surface area (Å²) in [6.45, 7) is 28.2. The van der Waals surface area contributed by atoms with E-state index in [9.17, 15) is 5.11 Å². The van der Waals surface area contributed by atoms with Gasteiger partial charge in [0.05, 0.1) is 37.3 Å². The van der Waals surface area contributed by atoms with Gasteiger partial charge in [-0.3, -0.25) is 0 Å². The number of aliphatic hydroxyl groups is 1. The van der Waals surface area contributed by atoms with E-state index in [0.717, 1.165) is 37.0 Å². The maximum absolute atomic E-state index is 11.7. The van der Waals surface area contributed by atoms with Gasteiger partial charge in [0, 0.05) is 34.7 Å². The molecule has 0 spiro atoms. The third kappa shape index (κ3) is 6.54. The summed E-state index contributed by atoms with van der Waals surface area (Å²) in [7, 11) is -0.813. The molecule has 0 amide bonds. The summed E-state index contributed by atoms with van der Waals surface area (Å²) in [6.07, 6.45) is 12.8. The van der Waals surface area contributed by atoms with Gasteiger partial charge >= 0.3 is 0 Å². The molecule has 0 bridgehead atoms. The van der Waals surface area contributed by atoms with Crippen molar-refractivity contribution >= 4 is 47.6 Å². The van der Waals surface area contributed by atoms with Crippen LogP contribution in [0.1, 0.15) is 119 Å². The quantitative estimate of drug-likeness (QED) is 0.129. The molecular formula is C55H64N2O2Si+. The Morgan fingerprint density at radius 2 is 1.53 bits per heavy atom. The number of rotatable bonds is 7. The molecule has 60 heavy (non-hydrogen) atoms. The fourth-order valence-corrected chi connectivity index (χ4v) is 13.3. The van der Waals surface area contributed by atoms with E-state index in [0.29, 0.717) is 5.54 Å². The summed E-state index contributed by atoms with van der Waals surface area (Å²) in [5.74, 6) is 0.0532. The molecule has 3 aliphatic heterocycles. The number of benzene rings is 4. The zero-order chi connectivity index (χ0) is 42.6. The van der Waals surface area contributed by atoms with E-state index in [1.165, 1.54) is 83.0 Å². The number of allylic oxidation sites excluding steroid dienone is 2. The first-order valence-electron chi connectivity index (χ1n) is 22.4. The lowest BCUT2D eigenvalue weighted by atomic mass is 9.65. The molecule has 0 saturated heterocycles. The highest BCUT2D eigenvalue weighted by Gasteiger charge is 2.54. The second-order valence-corrected chi connectivity index (χ2v) is 23.2. The topological polar surface area (TPSA) is 40.5 Å². The van der Waals surface area contributed by atoms with Crippen molar-refractivity contribution in [3.63, 3.8) is 0 Å². The molecule has 3 aliphatic rings. The molecule has 0 fully saturated rings. The lowest BCUT2D eigenvalue weighted by molar-refractivity contribution is -0.706. The van der Waals surface area contributed by atoms with E-state index in [1.807, 2.05) is 13.8 Å². The maximum atomic E-state index is 11.7. The van der Waals surface area contributed by atoms with Crippen LogP contribution in [0.5, 0.6) is 0 Å². The van der Waals surface area contributed by atoms with Crippen LogP contribution in [0.4, 0.5) is 0 Å². The van der Waals surface area contributed by atoms with Crippen molar-refractivity contribution in [1.29, 1.82) is 0 Å². The Balaban J connectivity index is 1.36. The van der Waals surface area contributed by atoms with Crippen LogP contribution in [0.15, 0.2) is 107 Å². The van der Waals surface area contributed by atoms with Gasteiger partial charge in [-0.15, -0.1) is 0 Å². The van der Waals surface area contributed by atoms with Crippen molar-refractivity contribution in [3.05, 3.63) is 141 Å². The molecule has 1 N–H and O–H groups in total. The monoisotopic (exact) mass is 812 g/mol. The predicted molar refractivity (Wildman–Crippen MR) is 254 cm³/mol. The Morgan fingerprint density at radius 3 is 2.20 bits per heavy atom. The normalized spacial score (nSPS) is 20.1. The number of fused-ring (bicyclic) bond motifs is 9. The van der Waals surface area contributed by atoms with Gasteiger partial charge < -0.3 is 14.4 Å². The highest BCUT2D eigenvalue weighted by Crippen LogP contribution is 2.56. The van der Waals surface area contributed by atoms with Gasteiger partial charge in [-0.25, -0.2) is 0 Å². The number of aromatic nitrogens is 1. The van der Waals surface area contributed by atoms with Gasteiger partial charge in [0.15, 0.2) is 12.2 Å². The van der Waals surface area contributed by atoms with E-state index < -0.39 is 14.4 Å². The molecule has 5 heterocycles. The minimum absolute atomic E-state index is 0.0532. The molecule has 4 nitrogen and oxygen atoms in total. The number of nitrogens with zero attached hydrogens (tertiary/aromatic N) is 2. The average Bonchev–Trinajstić information content (AvgIpc) is 3.54. The SMILES string of the molecule is CCC1(CC)C(c2cc3ccccc3c3[n+]2CC([Si](C)C)C(C(C)(C)O)=C3)c2cc3oc4ccc(-c5c(C)cc(C)cc5C)cc4c3cc2C2C=C(CC(C)(C)C)C=CN21. The Bertz CT molecular complexity index is 2770. The Labute approximate surface area is 359 Å². The van der Waals surface area contributed by atoms with Crippen LogP contribution >= 0.6 is 0 Å². The molecule has 9 rings (SSSR count). The molecule has 3 unspecified atom stereocenters. The summed E-state index contributed by atoms with van der Waals surface area (Å²) in [4.78, 5) is 2.75. The van der Waals surface area contributed by atoms with Gasteiger partial charge in [0.2, 0.25) is 5.69 Å². The Hall–Kier alpha value is -4.71. The van der Waals surface area contributed by atoms with Crippen molar-refractivity contribution in [2.45, 2.75) is 137 Å². The highest BCUT2D eigenvalue weighted by atomic mass is 28.3. The lowest BCUT2D eigenvalue weighted by Crippen LogP contribution is -2.59. The van der Waals surface area contributed by atoms with E-state index in [2.05, 4.69) is 175 Å². The Morgan fingerprint density at radius 1 is 0.833 bits per heavy atom. The lowest BCUT2D eigenvalue weighted by Gasteiger charge is -2.55. The van der Waals surface area contributed by atoms with E-state index in [4.69, 9.17) is 4.42 Å². The van der Waals surface area contributed by atoms with E-state index >= 15 is 0 Å². The van der Waals surface area contributed by atoms with Crippen LogP contribution in [0.3, 0.4) is 0 Å². The molecule has 5 heteroatoms. The van der Waals surface area contributed by atoms with Crippen LogP contribution in [-0.4, -0.2) is 29.9 Å². The number of furan rings is 1. The van der Waals surface area contributed by atoms with Crippen molar-refractivity contribution in [1.82, 2.24) is 4.90 Å². The van der Waals surface area contributed by atoms with Crippen molar-refractivity contribution in [3.8, 4) is 11.1 Å². The molecule has 3 atom stereocenters. The van der Waals surface area contributed by atoms with Gasteiger partial charge in [0.25, 0.3) is 0 Å². The van der Waals surface area contributed by atoms with E-state index in [1.54, 1.807) is 0 Å². The number of hydrogen-bond acceptors (Lipinski definition) is 3. The molecule has 6 aromatic rings. The molecule has 0 aliphatic carbocycles. The molecule has 1 radical (unpaired) electrons. The van der Waals surface area contributed by atoms with Crippen molar-refractivity contribution in [2.24, 2.45) is 5.41 Å². The average molecular weight is 813 g/mol. The maximum Gasteiger partial charge on any atom is 0.213 e. The first kappa shape index (κ1) is 40.7. The second-order valence-electron chi connectivity index (χ2n) is 20.4. The van der Waals surface area contributed by atoms with Crippen LogP contribution in [-0.2, 0) is 6.54 Å². The summed E-state index contributed by atoms with van der Waals surface area (Å²) in [6, 6.07) is 27.8. The van der Waals surface area contributed by atoms with Crippen molar-refractivity contribution in [2.75, 3.05) is 0 Å². The van der Waals surface area contributed by atoms with Crippen molar-refractivity contribution < 1.29 is 14.1 Å². The highest BCUT2D eigenvalue weighted by molar-refractivity contribution is 6.58. The van der Waals surface area contributed by atoms with Gasteiger partial charge in [0.1, 0.15) is 11.2 Å². The number of hydrogen-bond donors (Lipinski definition) is 1. The van der Waals surface area contributed by atoms with Crippen LogP contribution in [0.2, 0.25) is 18.6 Å². The third-order valence-corrected chi connectivity index (χ3v) is 16.2. The van der Waals surface area contributed by atoms with Crippen LogP contribution in [0, 0.1) is 26.2 Å². The fraction of sp³-hybridized carbons (Fsp3) is 0.400. The predicted octanol–water partition coefficient (Wildman–Crippen LogP) is 13.8. The molecule has 309 valence electrons. The zero-order valence-corrected chi connectivity index (χ0v) is 39.0. The van der Waals surface area contributed by atoms with Gasteiger partial charge in [-0.05, 0) is 146 Å². The van der Waals surface area contributed by atoms with Gasteiger partial charge in [-0.1, -0.05) is 95.8 Å². The first-order valence-corrected chi connectivity index (χ1v) is 25.0. The summed E-state index contributed by atoms with van der Waals surface area (Å²) < 4.78 is 9.60. The smallest absolute Gasteiger partial charge is 0.213 e. The molecular weight excluding hydrogens is 749 g/mol. The molecule has 4 aromatic carbocycles. The van der Waals surface area contributed by atoms with Crippen LogP contribution in [0.25, 0.3) is 49.9 Å². The van der Waals surface area contributed by atoms with Crippen LogP contribution < -0.4 is 4.57 Å². The minimum atomic E-state index is -0.900. The first-order chi connectivity index (χ1) is 28.4. The minimum Gasteiger partial charge on any atom is -0.456 e. The largest absolute Gasteiger partial charge is 0.456 e. The Kier molecular flexibility index (Phi) is 9.80. The second kappa shape index (κ2) is 14.4.